The van der Waals surface area contributed by atoms with Crippen LogP contribution in [0.4, 0.5) is 0 Å². The SMILES string of the molecule is O=c1c2ccccc2nc(-c2ccc(-c3cccn3C3CCOC3)cc2)n1-c1ccc(Cl)cn1. The van der Waals surface area contributed by atoms with Crippen LogP contribution in [0.5, 0.6) is 0 Å². The molecular weight excluding hydrogens is 448 g/mol. The van der Waals surface area contributed by atoms with E-state index < -0.39 is 0 Å². The summed E-state index contributed by atoms with van der Waals surface area (Å²) >= 11 is 6.04. The Morgan fingerprint density at radius 3 is 2.53 bits per heavy atom. The first-order valence-electron chi connectivity index (χ1n) is 11.2. The number of para-hydroxylation sites is 1. The van der Waals surface area contributed by atoms with Crippen LogP contribution in [0.3, 0.4) is 0 Å². The van der Waals surface area contributed by atoms with Gasteiger partial charge in [-0.25, -0.2) is 14.5 Å². The second-order valence-corrected chi connectivity index (χ2v) is 8.76. The molecule has 3 aromatic heterocycles. The lowest BCUT2D eigenvalue weighted by atomic mass is 10.1. The van der Waals surface area contributed by atoms with Crippen LogP contribution >= 0.6 is 11.6 Å². The van der Waals surface area contributed by atoms with Gasteiger partial charge in [-0.2, -0.15) is 0 Å². The molecule has 1 fully saturated rings. The minimum absolute atomic E-state index is 0.172. The van der Waals surface area contributed by atoms with E-state index in [0.29, 0.717) is 33.6 Å². The zero-order chi connectivity index (χ0) is 23.1. The molecule has 0 bridgehead atoms. The van der Waals surface area contributed by atoms with Crippen molar-refractivity contribution >= 4 is 22.5 Å². The van der Waals surface area contributed by atoms with Crippen LogP contribution in [0.2, 0.25) is 5.02 Å². The summed E-state index contributed by atoms with van der Waals surface area (Å²) in [7, 11) is 0. The summed E-state index contributed by atoms with van der Waals surface area (Å²) in [6.07, 6.45) is 4.66. The normalized spacial score (nSPS) is 15.7. The predicted molar refractivity (Wildman–Crippen MR) is 133 cm³/mol. The average molecular weight is 469 g/mol. The van der Waals surface area contributed by atoms with Gasteiger partial charge >= 0.3 is 0 Å². The highest BCUT2D eigenvalue weighted by atomic mass is 35.5. The van der Waals surface area contributed by atoms with Gasteiger partial charge in [0.05, 0.1) is 28.6 Å². The number of rotatable bonds is 4. The molecule has 4 heterocycles. The maximum Gasteiger partial charge on any atom is 0.267 e. The maximum atomic E-state index is 13.5. The Morgan fingerprint density at radius 2 is 1.76 bits per heavy atom. The molecule has 0 aliphatic carbocycles. The van der Waals surface area contributed by atoms with Gasteiger partial charge in [0.25, 0.3) is 5.56 Å². The standard InChI is InChI=1S/C27H21ClN4O2/c28-20-11-12-25(29-16-20)32-26(30-23-5-2-1-4-22(23)27(32)33)19-9-7-18(8-10-19)24-6-3-14-31(24)21-13-15-34-17-21/h1-12,14,16,21H,13,15,17H2. The number of ether oxygens (including phenoxy) is 1. The highest BCUT2D eigenvalue weighted by Crippen LogP contribution is 2.30. The van der Waals surface area contributed by atoms with E-state index in [0.717, 1.165) is 36.5 Å². The topological polar surface area (TPSA) is 61.9 Å². The van der Waals surface area contributed by atoms with Gasteiger partial charge in [0.2, 0.25) is 0 Å². The summed E-state index contributed by atoms with van der Waals surface area (Å²) in [4.78, 5) is 22.7. The number of halogens is 1. The fraction of sp³-hybridized carbons (Fsp3) is 0.148. The molecule has 6 rings (SSSR count). The molecule has 1 aliphatic rings. The van der Waals surface area contributed by atoms with E-state index in [1.807, 2.05) is 30.3 Å². The first-order chi connectivity index (χ1) is 16.7. The van der Waals surface area contributed by atoms with Gasteiger partial charge < -0.3 is 9.30 Å². The molecule has 6 nitrogen and oxygen atoms in total. The summed E-state index contributed by atoms with van der Waals surface area (Å²) in [5.41, 5.74) is 3.54. The smallest absolute Gasteiger partial charge is 0.267 e. The van der Waals surface area contributed by atoms with Crippen LogP contribution in [-0.4, -0.2) is 32.3 Å². The number of hydrogen-bond donors (Lipinski definition) is 0. The first kappa shape index (κ1) is 20.8. The Bertz CT molecular complexity index is 1530. The van der Waals surface area contributed by atoms with Crippen molar-refractivity contribution in [1.82, 2.24) is 19.1 Å². The number of fused-ring (bicyclic) bond motifs is 1. The molecule has 7 heteroatoms. The summed E-state index contributed by atoms with van der Waals surface area (Å²) in [5.74, 6) is 1.01. The summed E-state index contributed by atoms with van der Waals surface area (Å²) < 4.78 is 9.41. The molecule has 1 unspecified atom stereocenters. The molecule has 1 aliphatic heterocycles. The second kappa shape index (κ2) is 8.56. The molecule has 1 saturated heterocycles. The van der Waals surface area contributed by atoms with Crippen molar-refractivity contribution in [2.45, 2.75) is 12.5 Å². The molecule has 0 saturated carbocycles. The van der Waals surface area contributed by atoms with Crippen LogP contribution in [0, 0.1) is 0 Å². The number of hydrogen-bond acceptors (Lipinski definition) is 4. The third-order valence-corrected chi connectivity index (χ3v) is 6.46. The van der Waals surface area contributed by atoms with E-state index in [-0.39, 0.29) is 5.56 Å². The lowest BCUT2D eigenvalue weighted by Gasteiger charge is -2.16. The van der Waals surface area contributed by atoms with Crippen molar-refractivity contribution in [3.05, 3.63) is 101 Å². The highest BCUT2D eigenvalue weighted by Gasteiger charge is 2.20. The molecular formula is C27H21ClN4O2. The Morgan fingerprint density at radius 1 is 0.941 bits per heavy atom. The maximum absolute atomic E-state index is 13.5. The van der Waals surface area contributed by atoms with Crippen LogP contribution in [0.15, 0.2) is 90.0 Å². The van der Waals surface area contributed by atoms with E-state index in [9.17, 15) is 4.79 Å². The molecule has 0 amide bonds. The minimum atomic E-state index is -0.172. The van der Waals surface area contributed by atoms with Gasteiger partial charge in [-0.15, -0.1) is 0 Å². The molecule has 5 aromatic rings. The van der Waals surface area contributed by atoms with Gasteiger partial charge in [-0.3, -0.25) is 4.79 Å². The largest absolute Gasteiger partial charge is 0.379 e. The van der Waals surface area contributed by atoms with Gasteiger partial charge in [0.1, 0.15) is 11.6 Å². The minimum Gasteiger partial charge on any atom is -0.379 e. The second-order valence-electron chi connectivity index (χ2n) is 8.32. The Labute approximate surface area is 201 Å². The van der Waals surface area contributed by atoms with Crippen LogP contribution in [0.25, 0.3) is 39.4 Å². The molecule has 34 heavy (non-hydrogen) atoms. The Balaban J connectivity index is 1.48. The van der Waals surface area contributed by atoms with Crippen LogP contribution in [-0.2, 0) is 4.74 Å². The third-order valence-electron chi connectivity index (χ3n) is 6.23. The quantitative estimate of drug-likeness (QED) is 0.348. The zero-order valence-electron chi connectivity index (χ0n) is 18.3. The van der Waals surface area contributed by atoms with Crippen molar-refractivity contribution in [3.63, 3.8) is 0 Å². The molecule has 2 aromatic carbocycles. The van der Waals surface area contributed by atoms with Crippen molar-refractivity contribution in [2.75, 3.05) is 13.2 Å². The fourth-order valence-electron chi connectivity index (χ4n) is 4.53. The number of benzene rings is 2. The van der Waals surface area contributed by atoms with Crippen molar-refractivity contribution in [3.8, 4) is 28.5 Å². The Hall–Kier alpha value is -3.74. The monoisotopic (exact) mass is 468 g/mol. The summed E-state index contributed by atoms with van der Waals surface area (Å²) in [6, 6.07) is 23.5. The fourth-order valence-corrected chi connectivity index (χ4v) is 4.64. The highest BCUT2D eigenvalue weighted by molar-refractivity contribution is 6.30. The van der Waals surface area contributed by atoms with E-state index in [2.05, 4.69) is 40.0 Å². The van der Waals surface area contributed by atoms with Gasteiger partial charge in [0, 0.05) is 30.3 Å². The molecule has 0 spiro atoms. The third kappa shape index (κ3) is 3.61. The number of aromatic nitrogens is 4. The summed E-state index contributed by atoms with van der Waals surface area (Å²) in [6.45, 7) is 1.53. The van der Waals surface area contributed by atoms with Gasteiger partial charge in [-0.05, 0) is 48.4 Å². The molecule has 168 valence electrons. The predicted octanol–water partition coefficient (Wildman–Crippen LogP) is 5.53. The Kier molecular flexibility index (Phi) is 5.24. The number of pyridine rings is 1. The van der Waals surface area contributed by atoms with Crippen molar-refractivity contribution in [1.29, 1.82) is 0 Å². The van der Waals surface area contributed by atoms with Crippen LogP contribution < -0.4 is 5.56 Å². The molecule has 1 atom stereocenters. The zero-order valence-corrected chi connectivity index (χ0v) is 19.0. The lowest BCUT2D eigenvalue weighted by molar-refractivity contribution is 0.187. The average Bonchev–Trinajstić information content (AvgIpc) is 3.57. The molecule has 0 radical (unpaired) electrons. The lowest BCUT2D eigenvalue weighted by Crippen LogP contribution is -2.22. The molecule has 0 N–H and O–H groups in total. The van der Waals surface area contributed by atoms with E-state index >= 15 is 0 Å². The first-order valence-corrected chi connectivity index (χ1v) is 11.6. The summed E-state index contributed by atoms with van der Waals surface area (Å²) in [5, 5.41) is 1.04. The number of nitrogens with zero attached hydrogens (tertiary/aromatic N) is 4. The van der Waals surface area contributed by atoms with Crippen molar-refractivity contribution in [2.24, 2.45) is 0 Å². The van der Waals surface area contributed by atoms with E-state index in [1.165, 1.54) is 6.20 Å². The van der Waals surface area contributed by atoms with Gasteiger partial charge in [0.15, 0.2) is 0 Å². The van der Waals surface area contributed by atoms with Crippen LogP contribution in [0.1, 0.15) is 12.5 Å². The van der Waals surface area contributed by atoms with E-state index in [1.54, 1.807) is 22.8 Å². The van der Waals surface area contributed by atoms with E-state index in [4.69, 9.17) is 21.3 Å². The van der Waals surface area contributed by atoms with Crippen molar-refractivity contribution < 1.29 is 4.74 Å². The van der Waals surface area contributed by atoms with Gasteiger partial charge in [-0.1, -0.05) is 48.0 Å².